The summed E-state index contributed by atoms with van der Waals surface area (Å²) in [5.74, 6) is 1.13. The van der Waals surface area contributed by atoms with Crippen LogP contribution in [0, 0.1) is 18.8 Å². The van der Waals surface area contributed by atoms with E-state index in [4.69, 9.17) is 0 Å². The second kappa shape index (κ2) is 3.64. The van der Waals surface area contributed by atoms with Crippen molar-refractivity contribution in [1.82, 2.24) is 4.98 Å². The highest BCUT2D eigenvalue weighted by Gasteiger charge is 2.49. The van der Waals surface area contributed by atoms with E-state index in [1.54, 1.807) is 6.20 Å². The topological polar surface area (TPSA) is 50.2 Å². The number of nitrogens with zero attached hydrogens (tertiary/aromatic N) is 1. The summed E-state index contributed by atoms with van der Waals surface area (Å²) < 4.78 is 0. The van der Waals surface area contributed by atoms with Gasteiger partial charge in [0.2, 0.25) is 0 Å². The van der Waals surface area contributed by atoms with Crippen molar-refractivity contribution in [2.24, 2.45) is 11.8 Å². The Labute approximate surface area is 101 Å². The largest absolute Gasteiger partial charge is 0.385 e. The third kappa shape index (κ3) is 1.78. The van der Waals surface area contributed by atoms with Gasteiger partial charge in [-0.2, -0.15) is 0 Å². The van der Waals surface area contributed by atoms with Gasteiger partial charge in [-0.3, -0.25) is 9.78 Å². The Hall–Kier alpha value is -1.22. The Kier molecular flexibility index (Phi) is 2.33. The zero-order chi connectivity index (χ0) is 12.0. The van der Waals surface area contributed by atoms with E-state index in [1.807, 2.05) is 19.1 Å². The minimum Gasteiger partial charge on any atom is -0.385 e. The summed E-state index contributed by atoms with van der Waals surface area (Å²) in [6.45, 7) is 1.94. The van der Waals surface area contributed by atoms with Crippen LogP contribution in [0.25, 0.3) is 0 Å². The summed E-state index contributed by atoms with van der Waals surface area (Å²) in [5.41, 5.74) is 1.12. The molecule has 3 atom stereocenters. The van der Waals surface area contributed by atoms with Gasteiger partial charge < -0.3 is 5.11 Å². The van der Waals surface area contributed by atoms with Gasteiger partial charge in [0, 0.05) is 30.3 Å². The molecule has 0 aliphatic heterocycles. The Bertz CT molecular complexity index is 436. The standard InChI is InChI=1S/C14H17NO2/c1-9-2-3-12(8-15-9)14(17)6-10-4-13(16)5-11(10)7-14/h2-3,8,10-11,17H,4-7H2,1H3/t10-,11+,14?. The molecule has 90 valence electrons. The number of pyridine rings is 1. The molecule has 0 spiro atoms. The van der Waals surface area contributed by atoms with Gasteiger partial charge in [0.15, 0.2) is 0 Å². The molecular formula is C14H17NO2. The average molecular weight is 231 g/mol. The first-order chi connectivity index (χ1) is 8.07. The summed E-state index contributed by atoms with van der Waals surface area (Å²) in [5, 5.41) is 10.7. The quantitative estimate of drug-likeness (QED) is 0.804. The molecule has 2 aliphatic rings. The number of aryl methyl sites for hydroxylation is 1. The van der Waals surface area contributed by atoms with Crippen LogP contribution in [0.5, 0.6) is 0 Å². The summed E-state index contributed by atoms with van der Waals surface area (Å²) in [6.07, 6.45) is 4.53. The van der Waals surface area contributed by atoms with Gasteiger partial charge in [-0.15, -0.1) is 0 Å². The molecule has 1 N–H and O–H groups in total. The molecule has 1 unspecified atom stereocenters. The fourth-order valence-electron chi connectivity index (χ4n) is 3.41. The molecule has 0 radical (unpaired) electrons. The summed E-state index contributed by atoms with van der Waals surface area (Å²) >= 11 is 0. The maximum atomic E-state index is 11.4. The predicted molar refractivity (Wildman–Crippen MR) is 63.3 cm³/mol. The highest BCUT2D eigenvalue weighted by atomic mass is 16.3. The summed E-state index contributed by atoms with van der Waals surface area (Å²) in [7, 11) is 0. The van der Waals surface area contributed by atoms with Crippen molar-refractivity contribution in [3.8, 4) is 0 Å². The monoisotopic (exact) mass is 231 g/mol. The van der Waals surface area contributed by atoms with E-state index in [-0.39, 0.29) is 0 Å². The number of aromatic nitrogens is 1. The highest BCUT2D eigenvalue weighted by molar-refractivity contribution is 5.81. The van der Waals surface area contributed by atoms with Gasteiger partial charge in [-0.1, -0.05) is 6.07 Å². The summed E-state index contributed by atoms with van der Waals surface area (Å²) in [6, 6.07) is 3.90. The van der Waals surface area contributed by atoms with Crippen LogP contribution in [-0.2, 0) is 10.4 Å². The van der Waals surface area contributed by atoms with E-state index < -0.39 is 5.60 Å². The molecule has 1 heterocycles. The number of hydrogen-bond acceptors (Lipinski definition) is 3. The Balaban J connectivity index is 1.85. The first-order valence-electron chi connectivity index (χ1n) is 6.24. The van der Waals surface area contributed by atoms with E-state index in [2.05, 4.69) is 4.98 Å². The van der Waals surface area contributed by atoms with Gasteiger partial charge in [0.05, 0.1) is 5.60 Å². The third-order valence-electron chi connectivity index (χ3n) is 4.29. The number of rotatable bonds is 1. The van der Waals surface area contributed by atoms with E-state index >= 15 is 0 Å². The number of ketones is 1. The molecule has 2 saturated carbocycles. The SMILES string of the molecule is Cc1ccc(C2(O)C[C@H]3CC(=O)C[C@H]3C2)cn1. The van der Waals surface area contributed by atoms with Crippen molar-refractivity contribution >= 4 is 5.78 Å². The van der Waals surface area contributed by atoms with Crippen LogP contribution < -0.4 is 0 Å². The highest BCUT2D eigenvalue weighted by Crippen LogP contribution is 2.51. The van der Waals surface area contributed by atoms with E-state index in [0.717, 1.165) is 11.3 Å². The molecule has 2 fully saturated rings. The molecule has 0 aromatic carbocycles. The van der Waals surface area contributed by atoms with Gasteiger partial charge >= 0.3 is 0 Å². The molecule has 1 aromatic heterocycles. The van der Waals surface area contributed by atoms with Crippen LogP contribution in [0.15, 0.2) is 18.3 Å². The Morgan fingerprint density at radius 2 is 1.94 bits per heavy atom. The first-order valence-corrected chi connectivity index (χ1v) is 6.24. The van der Waals surface area contributed by atoms with Gasteiger partial charge in [-0.05, 0) is 37.7 Å². The number of carbonyl (C=O) groups excluding carboxylic acids is 1. The van der Waals surface area contributed by atoms with Gasteiger partial charge in [0.1, 0.15) is 5.78 Å². The van der Waals surface area contributed by atoms with Crippen molar-refractivity contribution in [2.75, 3.05) is 0 Å². The molecule has 3 rings (SSSR count). The van der Waals surface area contributed by atoms with E-state index in [9.17, 15) is 9.90 Å². The van der Waals surface area contributed by atoms with Crippen LogP contribution in [0.4, 0.5) is 0 Å². The first kappa shape index (κ1) is 10.9. The summed E-state index contributed by atoms with van der Waals surface area (Å²) in [4.78, 5) is 15.6. The van der Waals surface area contributed by atoms with Crippen LogP contribution in [0.1, 0.15) is 36.9 Å². The number of Topliss-reactive ketones (excluding diaryl/α,β-unsaturated/α-hetero) is 1. The number of hydrogen-bond donors (Lipinski definition) is 1. The lowest BCUT2D eigenvalue weighted by molar-refractivity contribution is -0.118. The smallest absolute Gasteiger partial charge is 0.133 e. The molecule has 3 nitrogen and oxygen atoms in total. The minimum atomic E-state index is -0.753. The van der Waals surface area contributed by atoms with Gasteiger partial charge in [-0.25, -0.2) is 0 Å². The Morgan fingerprint density at radius 1 is 1.29 bits per heavy atom. The van der Waals surface area contributed by atoms with Crippen LogP contribution in [0.2, 0.25) is 0 Å². The maximum Gasteiger partial charge on any atom is 0.133 e. The molecule has 2 aliphatic carbocycles. The van der Waals surface area contributed by atoms with Crippen molar-refractivity contribution in [2.45, 2.75) is 38.2 Å². The maximum absolute atomic E-state index is 11.4. The van der Waals surface area contributed by atoms with Crippen molar-refractivity contribution in [1.29, 1.82) is 0 Å². The number of aliphatic hydroxyl groups is 1. The molecule has 17 heavy (non-hydrogen) atoms. The number of fused-ring (bicyclic) bond motifs is 1. The predicted octanol–water partition coefficient (Wildman–Crippen LogP) is 1.97. The normalized spacial score (nSPS) is 36.2. The van der Waals surface area contributed by atoms with Crippen LogP contribution in [-0.4, -0.2) is 15.9 Å². The molecule has 3 heteroatoms. The van der Waals surface area contributed by atoms with E-state index in [0.29, 0.717) is 43.3 Å². The second-order valence-corrected chi connectivity index (χ2v) is 5.60. The third-order valence-corrected chi connectivity index (χ3v) is 4.29. The van der Waals surface area contributed by atoms with Crippen LogP contribution >= 0.6 is 0 Å². The van der Waals surface area contributed by atoms with Crippen molar-refractivity contribution < 1.29 is 9.90 Å². The molecule has 0 bridgehead atoms. The van der Waals surface area contributed by atoms with Crippen molar-refractivity contribution in [3.05, 3.63) is 29.6 Å². The fraction of sp³-hybridized carbons (Fsp3) is 0.571. The van der Waals surface area contributed by atoms with Gasteiger partial charge in [0.25, 0.3) is 0 Å². The fourth-order valence-corrected chi connectivity index (χ4v) is 3.41. The Morgan fingerprint density at radius 3 is 2.47 bits per heavy atom. The molecule has 1 aromatic rings. The average Bonchev–Trinajstić information content (AvgIpc) is 2.72. The van der Waals surface area contributed by atoms with Crippen molar-refractivity contribution in [3.63, 3.8) is 0 Å². The zero-order valence-corrected chi connectivity index (χ0v) is 10.0. The lowest BCUT2D eigenvalue weighted by Gasteiger charge is -2.23. The van der Waals surface area contributed by atoms with Crippen LogP contribution in [0.3, 0.4) is 0 Å². The second-order valence-electron chi connectivity index (χ2n) is 5.60. The molecule has 0 amide bonds. The number of carbonyl (C=O) groups is 1. The molecule has 0 saturated heterocycles. The lowest BCUT2D eigenvalue weighted by Crippen LogP contribution is -2.23. The van der Waals surface area contributed by atoms with E-state index in [1.165, 1.54) is 0 Å². The zero-order valence-electron chi connectivity index (χ0n) is 10.0. The molecular weight excluding hydrogens is 214 g/mol. The lowest BCUT2D eigenvalue weighted by atomic mass is 9.90. The minimum absolute atomic E-state index is 0.365.